The normalized spacial score (nSPS) is 10.6. The van der Waals surface area contributed by atoms with Gasteiger partial charge >= 0.3 is 0 Å². The molecule has 5 nitrogen and oxygen atoms in total. The minimum Gasteiger partial charge on any atom is -0.383 e. The van der Waals surface area contributed by atoms with E-state index in [0.29, 0.717) is 12.1 Å². The van der Waals surface area contributed by atoms with Crippen molar-refractivity contribution in [1.29, 1.82) is 0 Å². The van der Waals surface area contributed by atoms with Crippen LogP contribution < -0.4 is 10.6 Å². The molecule has 0 saturated carbocycles. The Morgan fingerprint density at radius 3 is 2.90 bits per heavy atom. The lowest BCUT2D eigenvalue weighted by Gasteiger charge is -2.11. The molecule has 0 aliphatic rings. The van der Waals surface area contributed by atoms with Gasteiger partial charge in [-0.1, -0.05) is 0 Å². The van der Waals surface area contributed by atoms with Crippen LogP contribution in [0, 0.1) is 0 Å². The molecule has 0 aliphatic heterocycles. The highest BCUT2D eigenvalue weighted by Crippen LogP contribution is 2.12. The van der Waals surface area contributed by atoms with Crippen LogP contribution in [-0.2, 0) is 4.74 Å². The molecule has 0 atom stereocenters. The molecule has 1 amide bonds. The number of amides is 1. The van der Waals surface area contributed by atoms with E-state index in [0.717, 1.165) is 31.7 Å². The van der Waals surface area contributed by atoms with Crippen LogP contribution in [0.1, 0.15) is 44.0 Å². The summed E-state index contributed by atoms with van der Waals surface area (Å²) in [5.74, 6) is -0.0619. The Labute approximate surface area is 121 Å². The highest BCUT2D eigenvalue weighted by Gasteiger charge is 2.09. The number of anilines is 1. The summed E-state index contributed by atoms with van der Waals surface area (Å²) in [5.41, 5.74) is 1.41. The van der Waals surface area contributed by atoms with Crippen LogP contribution in [0.15, 0.2) is 18.5 Å². The number of ether oxygens (including phenoxy) is 1. The molecule has 112 valence electrons. The molecule has 2 N–H and O–H groups in total. The highest BCUT2D eigenvalue weighted by atomic mass is 16.5. The second-order valence-electron chi connectivity index (χ2n) is 4.83. The quantitative estimate of drug-likeness (QED) is 0.682. The zero-order chi connectivity index (χ0) is 14.8. The number of pyridine rings is 1. The van der Waals surface area contributed by atoms with Gasteiger partial charge in [-0.15, -0.1) is 0 Å². The zero-order valence-corrected chi connectivity index (χ0v) is 12.6. The average Bonchev–Trinajstić information content (AvgIpc) is 2.43. The molecule has 1 aromatic rings. The minimum absolute atomic E-state index is 0.0619. The second kappa shape index (κ2) is 9.31. The monoisotopic (exact) mass is 279 g/mol. The molecular weight excluding hydrogens is 254 g/mol. The predicted molar refractivity (Wildman–Crippen MR) is 81.1 cm³/mol. The molecule has 0 aliphatic carbocycles. The first-order chi connectivity index (χ1) is 9.65. The summed E-state index contributed by atoms with van der Waals surface area (Å²) >= 11 is 0. The van der Waals surface area contributed by atoms with Crippen molar-refractivity contribution in [3.8, 4) is 0 Å². The van der Waals surface area contributed by atoms with Crippen LogP contribution in [0.25, 0.3) is 0 Å². The van der Waals surface area contributed by atoms with Gasteiger partial charge in [0.25, 0.3) is 5.91 Å². The number of carbonyl (C=O) groups excluding carboxylic acids is 1. The first kappa shape index (κ1) is 16.4. The number of nitrogens with one attached hydrogen (secondary N) is 2. The van der Waals surface area contributed by atoms with E-state index in [2.05, 4.69) is 15.6 Å². The minimum atomic E-state index is -0.0619. The molecule has 1 rings (SSSR count). The van der Waals surface area contributed by atoms with Gasteiger partial charge < -0.3 is 15.4 Å². The van der Waals surface area contributed by atoms with Gasteiger partial charge in [-0.25, -0.2) is 0 Å². The fourth-order valence-corrected chi connectivity index (χ4v) is 1.77. The molecule has 0 radical (unpaired) electrons. The molecular formula is C15H25N3O2. The van der Waals surface area contributed by atoms with Crippen LogP contribution in [0.3, 0.4) is 0 Å². The van der Waals surface area contributed by atoms with Gasteiger partial charge in [-0.2, -0.15) is 0 Å². The molecule has 5 heteroatoms. The number of unbranched alkanes of at least 4 members (excludes halogenated alkanes) is 1. The summed E-state index contributed by atoms with van der Waals surface area (Å²) in [6.07, 6.45) is 5.44. The second-order valence-corrected chi connectivity index (χ2v) is 4.83. The molecule has 0 aromatic carbocycles. The molecule has 0 unspecified atom stereocenters. The number of aromatic nitrogens is 1. The predicted octanol–water partition coefficient (Wildman–Crippen LogP) is 2.45. The van der Waals surface area contributed by atoms with Crippen molar-refractivity contribution < 1.29 is 9.53 Å². The van der Waals surface area contributed by atoms with Gasteiger partial charge in [0.1, 0.15) is 0 Å². The van der Waals surface area contributed by atoms with Crippen molar-refractivity contribution in [2.45, 2.75) is 39.7 Å². The van der Waals surface area contributed by atoms with Gasteiger partial charge in [-0.05, 0) is 39.7 Å². The summed E-state index contributed by atoms with van der Waals surface area (Å²) in [6, 6.07) is 1.73. The molecule has 0 saturated heterocycles. The molecule has 20 heavy (non-hydrogen) atoms. The third-order valence-electron chi connectivity index (χ3n) is 2.74. The van der Waals surface area contributed by atoms with E-state index in [-0.39, 0.29) is 12.0 Å². The van der Waals surface area contributed by atoms with Crippen LogP contribution in [0.5, 0.6) is 0 Å². The summed E-state index contributed by atoms with van der Waals surface area (Å²) in [7, 11) is 0. The zero-order valence-electron chi connectivity index (χ0n) is 12.6. The van der Waals surface area contributed by atoms with E-state index in [1.807, 2.05) is 20.8 Å². The smallest absolute Gasteiger partial charge is 0.253 e. The van der Waals surface area contributed by atoms with E-state index < -0.39 is 0 Å². The fraction of sp³-hybridized carbons (Fsp3) is 0.600. The van der Waals surface area contributed by atoms with E-state index in [9.17, 15) is 4.79 Å². The van der Waals surface area contributed by atoms with Crippen LogP contribution >= 0.6 is 0 Å². The summed E-state index contributed by atoms with van der Waals surface area (Å²) < 4.78 is 5.45. The first-order valence-electron chi connectivity index (χ1n) is 7.22. The number of hydrogen-bond acceptors (Lipinski definition) is 4. The van der Waals surface area contributed by atoms with Crippen molar-refractivity contribution in [3.05, 3.63) is 24.0 Å². The van der Waals surface area contributed by atoms with Gasteiger partial charge in [0.2, 0.25) is 0 Å². The van der Waals surface area contributed by atoms with Gasteiger partial charge in [0.15, 0.2) is 0 Å². The maximum absolute atomic E-state index is 12.1. The maximum atomic E-state index is 12.1. The van der Waals surface area contributed by atoms with E-state index >= 15 is 0 Å². The third kappa shape index (κ3) is 6.02. The maximum Gasteiger partial charge on any atom is 0.253 e. The lowest BCUT2D eigenvalue weighted by molar-refractivity contribution is 0.0754. The third-order valence-corrected chi connectivity index (χ3v) is 2.74. The fourth-order valence-electron chi connectivity index (χ4n) is 1.77. The summed E-state index contributed by atoms with van der Waals surface area (Å²) in [4.78, 5) is 16.1. The van der Waals surface area contributed by atoms with Gasteiger partial charge in [0.05, 0.1) is 23.6 Å². The van der Waals surface area contributed by atoms with Crippen molar-refractivity contribution in [3.63, 3.8) is 0 Å². The standard InChI is InChI=1S/C15H25N3O2/c1-4-17-14-11-16-9-7-13(14)15(19)18-8-5-6-10-20-12(2)3/h7,9,11-12,17H,4-6,8,10H2,1-3H3,(H,18,19). The van der Waals surface area contributed by atoms with Crippen LogP contribution in [0.2, 0.25) is 0 Å². The number of carbonyl (C=O) groups is 1. The highest BCUT2D eigenvalue weighted by molar-refractivity contribution is 5.99. The van der Waals surface area contributed by atoms with Gasteiger partial charge in [-0.3, -0.25) is 9.78 Å². The van der Waals surface area contributed by atoms with Crippen LogP contribution in [0.4, 0.5) is 5.69 Å². The molecule has 1 aromatic heterocycles. The average molecular weight is 279 g/mol. The van der Waals surface area contributed by atoms with Crippen molar-refractivity contribution in [1.82, 2.24) is 10.3 Å². The van der Waals surface area contributed by atoms with E-state index in [1.54, 1.807) is 18.5 Å². The Morgan fingerprint density at radius 2 is 2.20 bits per heavy atom. The molecule has 1 heterocycles. The largest absolute Gasteiger partial charge is 0.383 e. The topological polar surface area (TPSA) is 63.2 Å². The lowest BCUT2D eigenvalue weighted by atomic mass is 10.2. The Bertz CT molecular complexity index is 408. The van der Waals surface area contributed by atoms with Crippen molar-refractivity contribution >= 4 is 11.6 Å². The number of nitrogens with zero attached hydrogens (tertiary/aromatic N) is 1. The Kier molecular flexibility index (Phi) is 7.65. The SMILES string of the molecule is CCNc1cnccc1C(=O)NCCCCOC(C)C. The van der Waals surface area contributed by atoms with Crippen LogP contribution in [-0.4, -0.2) is 36.7 Å². The van der Waals surface area contributed by atoms with Crippen molar-refractivity contribution in [2.24, 2.45) is 0 Å². The number of hydrogen-bond donors (Lipinski definition) is 2. The molecule has 0 spiro atoms. The van der Waals surface area contributed by atoms with E-state index in [4.69, 9.17) is 4.74 Å². The summed E-state index contributed by atoms with van der Waals surface area (Å²) in [5, 5.41) is 6.06. The first-order valence-corrected chi connectivity index (χ1v) is 7.22. The molecule has 0 bridgehead atoms. The lowest BCUT2D eigenvalue weighted by Crippen LogP contribution is -2.25. The van der Waals surface area contributed by atoms with Crippen molar-refractivity contribution in [2.75, 3.05) is 25.0 Å². The van der Waals surface area contributed by atoms with Gasteiger partial charge in [0, 0.05) is 25.9 Å². The Morgan fingerprint density at radius 1 is 1.40 bits per heavy atom. The Hall–Kier alpha value is -1.62. The molecule has 0 fully saturated rings. The summed E-state index contributed by atoms with van der Waals surface area (Å²) in [6.45, 7) is 8.20. The van der Waals surface area contributed by atoms with E-state index in [1.165, 1.54) is 0 Å². The number of rotatable bonds is 9. The Balaban J connectivity index is 2.32.